The molecule has 0 aliphatic carbocycles. The van der Waals surface area contributed by atoms with Crippen LogP contribution >= 0.6 is 0 Å². The first-order chi connectivity index (χ1) is 12.0. The molecule has 2 aromatic rings. The maximum absolute atomic E-state index is 12.3. The lowest BCUT2D eigenvalue weighted by atomic mass is 10.1. The number of hydrogen-bond donors (Lipinski definition) is 1. The fourth-order valence-electron chi connectivity index (χ4n) is 2.75. The van der Waals surface area contributed by atoms with Crippen molar-refractivity contribution in [1.29, 1.82) is 0 Å². The molecule has 1 aliphatic heterocycles. The van der Waals surface area contributed by atoms with Crippen LogP contribution in [0, 0.1) is 0 Å². The average Bonchev–Trinajstić information content (AvgIpc) is 3.08. The zero-order valence-electron chi connectivity index (χ0n) is 13.7. The zero-order valence-corrected chi connectivity index (χ0v) is 13.7. The minimum atomic E-state index is -0.477. The van der Waals surface area contributed by atoms with Crippen molar-refractivity contribution in [3.63, 3.8) is 0 Å². The van der Waals surface area contributed by atoms with Gasteiger partial charge in [0.05, 0.1) is 7.11 Å². The van der Waals surface area contributed by atoms with Gasteiger partial charge in [0.15, 0.2) is 0 Å². The molecule has 128 valence electrons. The van der Waals surface area contributed by atoms with Gasteiger partial charge in [-0.1, -0.05) is 24.3 Å². The standard InChI is InChI=1S/C18H17N3O4/c1-3-8-21-17(23)14(19-18(21)24)9-12-10-20(11-16(22)25-2)15-7-5-4-6-13(12)15/h3-7,9-10H,1,8,11H2,2H3,(H,19,24)/b14-9+. The molecule has 3 amide bonds. The second-order valence-corrected chi connectivity index (χ2v) is 5.50. The Labute approximate surface area is 144 Å². The largest absolute Gasteiger partial charge is 0.468 e. The van der Waals surface area contributed by atoms with Gasteiger partial charge in [-0.2, -0.15) is 0 Å². The van der Waals surface area contributed by atoms with E-state index in [1.807, 2.05) is 24.3 Å². The number of hydrogen-bond acceptors (Lipinski definition) is 4. The van der Waals surface area contributed by atoms with Crippen molar-refractivity contribution in [1.82, 2.24) is 14.8 Å². The Balaban J connectivity index is 2.02. The van der Waals surface area contributed by atoms with Gasteiger partial charge in [0.2, 0.25) is 0 Å². The maximum Gasteiger partial charge on any atom is 0.329 e. The van der Waals surface area contributed by atoms with Crippen LogP contribution < -0.4 is 5.32 Å². The van der Waals surface area contributed by atoms with Crippen molar-refractivity contribution in [3.05, 3.63) is 54.4 Å². The van der Waals surface area contributed by atoms with E-state index >= 15 is 0 Å². The summed E-state index contributed by atoms with van der Waals surface area (Å²) < 4.78 is 6.46. The molecule has 25 heavy (non-hydrogen) atoms. The van der Waals surface area contributed by atoms with E-state index in [-0.39, 0.29) is 24.8 Å². The van der Waals surface area contributed by atoms with Crippen molar-refractivity contribution in [2.24, 2.45) is 0 Å². The number of carbonyl (C=O) groups is 3. The van der Waals surface area contributed by atoms with E-state index in [0.717, 1.165) is 21.4 Å². The molecule has 0 radical (unpaired) electrons. The predicted molar refractivity (Wildman–Crippen MR) is 92.4 cm³/mol. The van der Waals surface area contributed by atoms with Gasteiger partial charge >= 0.3 is 12.0 Å². The summed E-state index contributed by atoms with van der Waals surface area (Å²) in [4.78, 5) is 36.9. The van der Waals surface area contributed by atoms with Crippen molar-refractivity contribution in [3.8, 4) is 0 Å². The van der Waals surface area contributed by atoms with E-state index in [9.17, 15) is 14.4 Å². The lowest BCUT2D eigenvalue weighted by molar-refractivity contribution is -0.141. The normalized spacial score (nSPS) is 15.7. The third-order valence-electron chi connectivity index (χ3n) is 3.92. The van der Waals surface area contributed by atoms with Crippen molar-refractivity contribution in [2.45, 2.75) is 6.54 Å². The number of imide groups is 1. The molecule has 1 saturated heterocycles. The topological polar surface area (TPSA) is 80.6 Å². The summed E-state index contributed by atoms with van der Waals surface area (Å²) in [5, 5.41) is 3.43. The number of nitrogens with one attached hydrogen (secondary N) is 1. The van der Waals surface area contributed by atoms with E-state index in [1.54, 1.807) is 16.8 Å². The second-order valence-electron chi connectivity index (χ2n) is 5.50. The van der Waals surface area contributed by atoms with Crippen molar-refractivity contribution in [2.75, 3.05) is 13.7 Å². The van der Waals surface area contributed by atoms with E-state index in [1.165, 1.54) is 13.2 Å². The number of urea groups is 1. The minimum Gasteiger partial charge on any atom is -0.468 e. The Hall–Kier alpha value is -3.35. The summed E-state index contributed by atoms with van der Waals surface area (Å²) in [7, 11) is 1.33. The van der Waals surface area contributed by atoms with E-state index in [4.69, 9.17) is 4.74 Å². The van der Waals surface area contributed by atoms with Crippen LogP contribution in [0.25, 0.3) is 17.0 Å². The van der Waals surface area contributed by atoms with Gasteiger partial charge in [-0.3, -0.25) is 14.5 Å². The molecule has 0 atom stereocenters. The molecule has 0 bridgehead atoms. The van der Waals surface area contributed by atoms with Crippen LogP contribution in [-0.2, 0) is 20.9 Å². The number of fused-ring (bicyclic) bond motifs is 1. The van der Waals surface area contributed by atoms with Crippen LogP contribution in [0.15, 0.2) is 48.8 Å². The van der Waals surface area contributed by atoms with Gasteiger partial charge in [-0.15, -0.1) is 6.58 Å². The monoisotopic (exact) mass is 339 g/mol. The molecule has 0 spiro atoms. The number of benzene rings is 1. The first-order valence-electron chi connectivity index (χ1n) is 7.65. The zero-order chi connectivity index (χ0) is 18.0. The van der Waals surface area contributed by atoms with Gasteiger partial charge in [0, 0.05) is 29.2 Å². The number of para-hydroxylation sites is 1. The lowest BCUT2D eigenvalue weighted by Gasteiger charge is -2.06. The van der Waals surface area contributed by atoms with E-state index in [0.29, 0.717) is 0 Å². The number of esters is 1. The number of aromatic nitrogens is 1. The van der Waals surface area contributed by atoms with Crippen LogP contribution in [0.4, 0.5) is 4.79 Å². The van der Waals surface area contributed by atoms with Gasteiger partial charge in [-0.25, -0.2) is 4.79 Å². The van der Waals surface area contributed by atoms with Crippen molar-refractivity contribution >= 4 is 34.9 Å². The van der Waals surface area contributed by atoms with E-state index < -0.39 is 11.9 Å². The summed E-state index contributed by atoms with van der Waals surface area (Å²) in [5.74, 6) is -0.781. The third kappa shape index (κ3) is 3.03. The number of rotatable bonds is 5. The molecule has 1 aromatic carbocycles. The number of ether oxygens (including phenoxy) is 1. The smallest absolute Gasteiger partial charge is 0.329 e. The SMILES string of the molecule is C=CCN1C(=O)N/C(=C/c2cn(CC(=O)OC)c3ccccc23)C1=O. The molecule has 0 unspecified atom stereocenters. The molecule has 0 saturated carbocycles. The van der Waals surface area contributed by atoms with Crippen molar-refractivity contribution < 1.29 is 19.1 Å². The van der Waals surface area contributed by atoms with Crippen LogP contribution in [0.5, 0.6) is 0 Å². The van der Waals surface area contributed by atoms with Gasteiger partial charge < -0.3 is 14.6 Å². The highest BCUT2D eigenvalue weighted by Crippen LogP contribution is 2.24. The predicted octanol–water partition coefficient (Wildman–Crippen LogP) is 1.89. The average molecular weight is 339 g/mol. The molecule has 1 N–H and O–H groups in total. The van der Waals surface area contributed by atoms with E-state index in [2.05, 4.69) is 11.9 Å². The Morgan fingerprint density at radius 3 is 2.80 bits per heavy atom. The number of amides is 3. The Kier molecular flexibility index (Phi) is 4.38. The van der Waals surface area contributed by atoms with Crippen LogP contribution in [0.2, 0.25) is 0 Å². The molecule has 7 heteroatoms. The lowest BCUT2D eigenvalue weighted by Crippen LogP contribution is -2.30. The number of carbonyl (C=O) groups excluding carboxylic acids is 3. The summed E-state index contributed by atoms with van der Waals surface area (Å²) in [6.07, 6.45) is 4.85. The highest BCUT2D eigenvalue weighted by atomic mass is 16.5. The summed E-state index contributed by atoms with van der Waals surface area (Å²) in [6.45, 7) is 3.75. The number of methoxy groups -OCH3 is 1. The molecular formula is C18H17N3O4. The first kappa shape index (κ1) is 16.5. The fraction of sp³-hybridized carbons (Fsp3) is 0.167. The highest BCUT2D eigenvalue weighted by molar-refractivity contribution is 6.14. The Morgan fingerprint density at radius 1 is 1.32 bits per heavy atom. The third-order valence-corrected chi connectivity index (χ3v) is 3.92. The Morgan fingerprint density at radius 2 is 2.08 bits per heavy atom. The quantitative estimate of drug-likeness (QED) is 0.390. The molecule has 7 nitrogen and oxygen atoms in total. The summed E-state index contributed by atoms with van der Waals surface area (Å²) in [5.41, 5.74) is 1.75. The minimum absolute atomic E-state index is 0.0586. The molecule has 1 aromatic heterocycles. The molecular weight excluding hydrogens is 322 g/mol. The molecule has 1 aliphatic rings. The first-order valence-corrected chi connectivity index (χ1v) is 7.65. The highest BCUT2D eigenvalue weighted by Gasteiger charge is 2.32. The second kappa shape index (κ2) is 6.64. The maximum atomic E-state index is 12.3. The van der Waals surface area contributed by atoms with Gasteiger partial charge in [0.1, 0.15) is 12.2 Å². The fourth-order valence-corrected chi connectivity index (χ4v) is 2.75. The van der Waals surface area contributed by atoms with Crippen LogP contribution in [0.1, 0.15) is 5.56 Å². The van der Waals surface area contributed by atoms with Gasteiger partial charge in [-0.05, 0) is 12.1 Å². The summed E-state index contributed by atoms with van der Waals surface area (Å²) in [6, 6.07) is 7.01. The number of nitrogens with zero attached hydrogens (tertiary/aromatic N) is 2. The van der Waals surface area contributed by atoms with Crippen LogP contribution in [0.3, 0.4) is 0 Å². The Bertz CT molecular complexity index is 910. The molecule has 2 heterocycles. The molecule has 3 rings (SSSR count). The van der Waals surface area contributed by atoms with Crippen LogP contribution in [-0.4, -0.2) is 41.0 Å². The van der Waals surface area contributed by atoms with Gasteiger partial charge in [0.25, 0.3) is 5.91 Å². The molecule has 1 fully saturated rings. The summed E-state index contributed by atoms with van der Waals surface area (Å²) >= 11 is 0.